The third kappa shape index (κ3) is 2.85. The smallest absolute Gasteiger partial charge is 0.433 e. The van der Waals surface area contributed by atoms with E-state index in [9.17, 15) is 18.0 Å². The van der Waals surface area contributed by atoms with E-state index in [4.69, 9.17) is 5.11 Å². The van der Waals surface area contributed by atoms with E-state index in [0.717, 1.165) is 6.07 Å². The van der Waals surface area contributed by atoms with Crippen LogP contribution in [0.3, 0.4) is 0 Å². The zero-order valence-corrected chi connectivity index (χ0v) is 8.21. The summed E-state index contributed by atoms with van der Waals surface area (Å²) in [5.41, 5.74) is -1.62. The number of carbonyl (C=O) groups is 1. The van der Waals surface area contributed by atoms with E-state index in [1.807, 2.05) is 0 Å². The summed E-state index contributed by atoms with van der Waals surface area (Å²) in [4.78, 5) is 13.6. The fraction of sp³-hybridized carbons (Fsp3) is 0.333. The van der Waals surface area contributed by atoms with Crippen molar-refractivity contribution in [3.63, 3.8) is 0 Å². The third-order valence-corrected chi connectivity index (χ3v) is 1.77. The van der Waals surface area contributed by atoms with Crippen LogP contribution in [0, 0.1) is 0 Å². The molecule has 1 N–H and O–H groups in total. The topological polar surface area (TPSA) is 59.4 Å². The average Bonchev–Trinajstić information content (AvgIpc) is 2.15. The number of pyridine rings is 1. The Morgan fingerprint density at radius 3 is 2.56 bits per heavy atom. The van der Waals surface area contributed by atoms with Gasteiger partial charge in [-0.15, -0.1) is 0 Å². The molecular weight excluding hydrogens is 227 g/mol. The summed E-state index contributed by atoms with van der Waals surface area (Å²) in [5.74, 6) is -1.56. The number of hydrogen-bond acceptors (Lipinski definition) is 3. The van der Waals surface area contributed by atoms with Gasteiger partial charge in [0, 0.05) is 6.07 Å². The first-order chi connectivity index (χ1) is 7.34. The standard InChI is InChI=1S/C9H8F3NO3/c1-16-6-3-2-5(4-7(14)15)8(13-6)9(10,11)12/h2-3H,4H2,1H3,(H,14,15). The minimum absolute atomic E-state index is 0.207. The van der Waals surface area contributed by atoms with Crippen LogP contribution >= 0.6 is 0 Å². The molecule has 0 spiro atoms. The van der Waals surface area contributed by atoms with Gasteiger partial charge in [-0.3, -0.25) is 4.79 Å². The number of carboxylic acids is 1. The number of aromatic nitrogens is 1. The van der Waals surface area contributed by atoms with Crippen molar-refractivity contribution in [1.82, 2.24) is 4.98 Å². The fourth-order valence-electron chi connectivity index (χ4n) is 1.13. The van der Waals surface area contributed by atoms with Gasteiger partial charge in [-0.05, 0) is 5.56 Å². The van der Waals surface area contributed by atoms with Gasteiger partial charge in [0.2, 0.25) is 5.88 Å². The molecule has 0 bridgehead atoms. The van der Waals surface area contributed by atoms with Crippen molar-refractivity contribution in [1.29, 1.82) is 0 Å². The molecule has 88 valence electrons. The largest absolute Gasteiger partial charge is 0.481 e. The van der Waals surface area contributed by atoms with Gasteiger partial charge >= 0.3 is 12.1 Å². The van der Waals surface area contributed by atoms with Gasteiger partial charge in [0.05, 0.1) is 13.5 Å². The molecule has 0 aliphatic rings. The molecule has 1 aromatic rings. The molecule has 0 aliphatic heterocycles. The van der Waals surface area contributed by atoms with Crippen LogP contribution in [0.2, 0.25) is 0 Å². The second-order valence-electron chi connectivity index (χ2n) is 2.93. The molecule has 0 radical (unpaired) electrons. The molecule has 0 amide bonds. The maximum Gasteiger partial charge on any atom is 0.433 e. The number of hydrogen-bond donors (Lipinski definition) is 1. The van der Waals surface area contributed by atoms with E-state index in [0.29, 0.717) is 0 Å². The minimum Gasteiger partial charge on any atom is -0.481 e. The van der Waals surface area contributed by atoms with Crippen molar-refractivity contribution in [3.05, 3.63) is 23.4 Å². The molecule has 1 heterocycles. The summed E-state index contributed by atoms with van der Waals surface area (Å²) in [6.45, 7) is 0. The summed E-state index contributed by atoms with van der Waals surface area (Å²) in [6.07, 6.45) is -5.43. The number of methoxy groups -OCH3 is 1. The highest BCUT2D eigenvalue weighted by Gasteiger charge is 2.36. The minimum atomic E-state index is -4.70. The Kier molecular flexibility index (Phi) is 3.36. The van der Waals surface area contributed by atoms with Crippen molar-refractivity contribution in [2.24, 2.45) is 0 Å². The Balaban J connectivity index is 3.22. The first kappa shape index (κ1) is 12.3. The van der Waals surface area contributed by atoms with Crippen molar-refractivity contribution in [2.75, 3.05) is 7.11 Å². The molecule has 0 saturated heterocycles. The summed E-state index contributed by atoms with van der Waals surface area (Å²) >= 11 is 0. The first-order valence-corrected chi connectivity index (χ1v) is 4.17. The lowest BCUT2D eigenvalue weighted by Gasteiger charge is -2.11. The normalized spacial score (nSPS) is 11.2. The van der Waals surface area contributed by atoms with Gasteiger partial charge in [-0.2, -0.15) is 13.2 Å². The molecule has 4 nitrogen and oxygen atoms in total. The van der Waals surface area contributed by atoms with Crippen molar-refractivity contribution in [3.8, 4) is 5.88 Å². The summed E-state index contributed by atoms with van der Waals surface area (Å²) in [6, 6.07) is 2.23. The molecule has 7 heteroatoms. The first-order valence-electron chi connectivity index (χ1n) is 4.17. The van der Waals surface area contributed by atoms with E-state index < -0.39 is 24.3 Å². The van der Waals surface area contributed by atoms with Gasteiger partial charge in [0.25, 0.3) is 0 Å². The lowest BCUT2D eigenvalue weighted by Crippen LogP contribution is -2.15. The Hall–Kier alpha value is -1.79. The monoisotopic (exact) mass is 235 g/mol. The summed E-state index contributed by atoms with van der Waals surface area (Å²) in [7, 11) is 1.18. The van der Waals surface area contributed by atoms with Crippen LogP contribution in [-0.2, 0) is 17.4 Å². The summed E-state index contributed by atoms with van der Waals surface area (Å²) in [5, 5.41) is 8.46. The molecule has 0 saturated carbocycles. The van der Waals surface area contributed by atoms with Crippen LogP contribution in [-0.4, -0.2) is 23.2 Å². The zero-order valence-electron chi connectivity index (χ0n) is 8.21. The number of nitrogens with zero attached hydrogens (tertiary/aromatic N) is 1. The third-order valence-electron chi connectivity index (χ3n) is 1.77. The molecule has 0 fully saturated rings. The van der Waals surface area contributed by atoms with Gasteiger partial charge in [-0.1, -0.05) is 6.07 Å². The number of carboxylic acid groups (broad SMARTS) is 1. The van der Waals surface area contributed by atoms with Crippen molar-refractivity contribution in [2.45, 2.75) is 12.6 Å². The maximum atomic E-state index is 12.5. The van der Waals surface area contributed by atoms with Gasteiger partial charge < -0.3 is 9.84 Å². The number of aliphatic carboxylic acids is 1. The molecule has 0 aromatic carbocycles. The van der Waals surface area contributed by atoms with Gasteiger partial charge in [-0.25, -0.2) is 4.98 Å². The van der Waals surface area contributed by atoms with E-state index in [2.05, 4.69) is 9.72 Å². The quantitative estimate of drug-likeness (QED) is 0.866. The molecule has 0 atom stereocenters. The number of ether oxygens (including phenoxy) is 1. The van der Waals surface area contributed by atoms with Crippen molar-refractivity contribution < 1.29 is 27.8 Å². The van der Waals surface area contributed by atoms with Crippen molar-refractivity contribution >= 4 is 5.97 Å². The SMILES string of the molecule is COc1ccc(CC(=O)O)c(C(F)(F)F)n1. The highest BCUT2D eigenvalue weighted by Crippen LogP contribution is 2.32. The number of rotatable bonds is 3. The van der Waals surface area contributed by atoms with Crippen LogP contribution < -0.4 is 4.74 Å². The van der Waals surface area contributed by atoms with Crippen LogP contribution in [0.25, 0.3) is 0 Å². The predicted octanol–water partition coefficient (Wildman–Crippen LogP) is 1.74. The van der Waals surface area contributed by atoms with E-state index in [-0.39, 0.29) is 11.4 Å². The van der Waals surface area contributed by atoms with E-state index in [1.54, 1.807) is 0 Å². The lowest BCUT2D eigenvalue weighted by molar-refractivity contribution is -0.142. The number of alkyl halides is 3. The van der Waals surface area contributed by atoms with E-state index >= 15 is 0 Å². The highest BCUT2D eigenvalue weighted by atomic mass is 19.4. The van der Waals surface area contributed by atoms with Crippen LogP contribution in [0.5, 0.6) is 5.88 Å². The molecule has 0 unspecified atom stereocenters. The zero-order chi connectivity index (χ0) is 12.3. The molecule has 16 heavy (non-hydrogen) atoms. The average molecular weight is 235 g/mol. The predicted molar refractivity (Wildman–Crippen MR) is 47.1 cm³/mol. The Morgan fingerprint density at radius 2 is 2.12 bits per heavy atom. The second-order valence-corrected chi connectivity index (χ2v) is 2.93. The van der Waals surface area contributed by atoms with Gasteiger partial charge in [0.15, 0.2) is 5.69 Å². The Labute approximate surface area is 88.7 Å². The Morgan fingerprint density at radius 1 is 1.50 bits per heavy atom. The maximum absolute atomic E-state index is 12.5. The van der Waals surface area contributed by atoms with Gasteiger partial charge in [0.1, 0.15) is 0 Å². The molecule has 0 aliphatic carbocycles. The highest BCUT2D eigenvalue weighted by molar-refractivity contribution is 5.70. The lowest BCUT2D eigenvalue weighted by atomic mass is 10.1. The van der Waals surface area contributed by atoms with Crippen LogP contribution in [0.15, 0.2) is 12.1 Å². The van der Waals surface area contributed by atoms with Crippen LogP contribution in [0.4, 0.5) is 13.2 Å². The van der Waals surface area contributed by atoms with E-state index in [1.165, 1.54) is 13.2 Å². The van der Waals surface area contributed by atoms with Crippen LogP contribution in [0.1, 0.15) is 11.3 Å². The summed E-state index contributed by atoms with van der Waals surface area (Å²) < 4.78 is 42.1. The number of halogens is 3. The molecule has 1 rings (SSSR count). The molecule has 1 aromatic heterocycles. The second kappa shape index (κ2) is 4.38. The fourth-order valence-corrected chi connectivity index (χ4v) is 1.13. The Bertz CT molecular complexity index is 403. The molecular formula is C9H8F3NO3.